The van der Waals surface area contributed by atoms with Crippen molar-refractivity contribution in [2.75, 3.05) is 185 Å². The standard InChI is InChI=1S/C52H87F3N4O11.C3H8.CH2O2/c1-46-10-12-49(13-11-46)70-25-9-5-16-58-17-19-59(20-18-58)21-27-64-32-37-67-38-39-68-40-41-69-45-48(56)44-57-15-4-2-6-22-60-28-33-65-34-29-61-23-7-3-8-24-62-30-35-66-36-31-63-26-14-50-51(54)42-47(53)43-52(50)55;1-3-2;2-1-3/h10-13,42-44,57H,2-9,14-41,45,56H2,1H3;3H2,1-2H3;1H,(H,2,3)/b48-44-;;. The Hall–Kier alpha value is -3.64. The predicted molar refractivity (Wildman–Crippen MR) is 290 cm³/mol. The van der Waals surface area contributed by atoms with Crippen LogP contribution in [0.25, 0.3) is 0 Å². The maximum absolute atomic E-state index is 13.6. The van der Waals surface area contributed by atoms with Gasteiger partial charge in [0.15, 0.2) is 0 Å². The first-order chi connectivity index (χ1) is 37.2. The molecule has 1 heterocycles. The van der Waals surface area contributed by atoms with E-state index in [0.717, 1.165) is 116 Å². The summed E-state index contributed by atoms with van der Waals surface area (Å²) in [6.45, 7) is 24.4. The molecular weight excluding hydrogens is 994 g/mol. The van der Waals surface area contributed by atoms with Crippen LogP contribution in [-0.4, -0.2) is 206 Å². The Labute approximate surface area is 453 Å². The molecule has 1 saturated heterocycles. The molecule has 3 rings (SSSR count). The van der Waals surface area contributed by atoms with Crippen LogP contribution in [0.5, 0.6) is 5.75 Å². The third-order valence-corrected chi connectivity index (χ3v) is 11.1. The Kier molecular flexibility index (Phi) is 49.4. The van der Waals surface area contributed by atoms with Crippen molar-refractivity contribution in [2.24, 2.45) is 5.73 Å². The number of rotatable bonds is 48. The number of nitrogens with one attached hydrogen (secondary N) is 1. The van der Waals surface area contributed by atoms with Gasteiger partial charge in [-0.1, -0.05) is 38.0 Å². The summed E-state index contributed by atoms with van der Waals surface area (Å²) < 4.78 is 102. The Morgan fingerprint density at radius 2 is 0.947 bits per heavy atom. The molecule has 17 nitrogen and oxygen atoms in total. The van der Waals surface area contributed by atoms with Crippen molar-refractivity contribution in [3.05, 3.63) is 76.9 Å². The van der Waals surface area contributed by atoms with E-state index in [1.54, 1.807) is 6.20 Å². The SMILES string of the molecule is CCC.Cc1ccc(OCCCCN2CCN(CCOCCOCCOCCOC/C(N)=C/NCCCCCOCCOCCOCCCCCOCCOCCOCCc3c(F)cc(F)cc3F)CC2)cc1.O=CO. The molecule has 1 aliphatic rings. The number of unbranched alkanes of at least 4 members (excludes halogenated alkanes) is 5. The lowest BCUT2D eigenvalue weighted by Gasteiger charge is -2.34. The molecule has 0 aliphatic carbocycles. The minimum absolute atomic E-state index is 0.0232. The van der Waals surface area contributed by atoms with Crippen LogP contribution in [0.2, 0.25) is 0 Å². The van der Waals surface area contributed by atoms with Crippen LogP contribution in [0, 0.1) is 24.4 Å². The first kappa shape index (κ1) is 70.4. The van der Waals surface area contributed by atoms with Gasteiger partial charge in [-0.3, -0.25) is 9.69 Å². The van der Waals surface area contributed by atoms with Crippen molar-refractivity contribution in [1.82, 2.24) is 15.1 Å². The number of carboxylic acid groups (broad SMARTS) is 1. The number of ether oxygens (including phenoxy) is 11. The van der Waals surface area contributed by atoms with Crippen LogP contribution in [0.1, 0.15) is 82.8 Å². The summed E-state index contributed by atoms with van der Waals surface area (Å²) >= 11 is 0. The Balaban J connectivity index is 0.00000458. The highest BCUT2D eigenvalue weighted by Crippen LogP contribution is 2.16. The van der Waals surface area contributed by atoms with Gasteiger partial charge in [-0.05, 0) is 77.0 Å². The molecule has 2 aromatic carbocycles. The smallest absolute Gasteiger partial charge is 0.290 e. The van der Waals surface area contributed by atoms with E-state index in [9.17, 15) is 13.2 Å². The number of carbonyl (C=O) groups is 1. The number of nitrogens with two attached hydrogens (primary N) is 1. The predicted octanol–water partition coefficient (Wildman–Crippen LogP) is 7.45. The maximum Gasteiger partial charge on any atom is 0.290 e. The fraction of sp³-hybridized carbons (Fsp3) is 0.732. The molecule has 2 aromatic rings. The molecule has 1 fully saturated rings. The van der Waals surface area contributed by atoms with E-state index in [4.69, 9.17) is 67.7 Å². The van der Waals surface area contributed by atoms with Gasteiger partial charge in [0.05, 0.1) is 125 Å². The second-order valence-corrected chi connectivity index (χ2v) is 17.8. The molecule has 1 aliphatic heterocycles. The lowest BCUT2D eigenvalue weighted by atomic mass is 10.1. The molecule has 0 unspecified atom stereocenters. The third kappa shape index (κ3) is 44.4. The first-order valence-electron chi connectivity index (χ1n) is 27.5. The molecule has 440 valence electrons. The average molecular weight is 1090 g/mol. The lowest BCUT2D eigenvalue weighted by molar-refractivity contribution is -0.122. The van der Waals surface area contributed by atoms with E-state index in [1.807, 2.05) is 12.1 Å². The summed E-state index contributed by atoms with van der Waals surface area (Å²) in [7, 11) is 0. The number of aryl methyl sites for hydroxylation is 1. The Morgan fingerprint density at radius 3 is 1.43 bits per heavy atom. The van der Waals surface area contributed by atoms with Crippen LogP contribution in [0.15, 0.2) is 48.3 Å². The van der Waals surface area contributed by atoms with Gasteiger partial charge in [0.25, 0.3) is 6.47 Å². The van der Waals surface area contributed by atoms with Crippen molar-refractivity contribution in [2.45, 2.75) is 85.0 Å². The molecule has 0 bridgehead atoms. The molecule has 20 heteroatoms. The van der Waals surface area contributed by atoms with Crippen molar-refractivity contribution in [1.29, 1.82) is 0 Å². The van der Waals surface area contributed by atoms with Gasteiger partial charge in [0, 0.05) is 89.4 Å². The van der Waals surface area contributed by atoms with E-state index in [1.165, 1.54) is 12.0 Å². The fourth-order valence-corrected chi connectivity index (χ4v) is 7.05. The van der Waals surface area contributed by atoms with Gasteiger partial charge < -0.3 is 73.2 Å². The molecule has 0 spiro atoms. The quantitative estimate of drug-likeness (QED) is 0.0439. The normalized spacial score (nSPS) is 13.0. The van der Waals surface area contributed by atoms with E-state index < -0.39 is 17.5 Å². The number of halogens is 3. The van der Waals surface area contributed by atoms with Gasteiger partial charge in [-0.25, -0.2) is 13.2 Å². The molecule has 0 aromatic heterocycles. The van der Waals surface area contributed by atoms with Crippen molar-refractivity contribution in [3.8, 4) is 5.75 Å². The Morgan fingerprint density at radius 1 is 0.553 bits per heavy atom. The number of hydrogen-bond donors (Lipinski definition) is 3. The molecule has 4 N–H and O–H groups in total. The maximum atomic E-state index is 13.6. The number of piperazine rings is 1. The zero-order chi connectivity index (χ0) is 55.2. The minimum atomic E-state index is -0.937. The summed E-state index contributed by atoms with van der Waals surface area (Å²) in [6, 6.07) is 9.59. The van der Waals surface area contributed by atoms with Crippen LogP contribution in [-0.2, 0) is 58.6 Å². The topological polar surface area (TPSA) is 183 Å². The van der Waals surface area contributed by atoms with E-state index >= 15 is 0 Å². The van der Waals surface area contributed by atoms with Crippen molar-refractivity contribution >= 4 is 6.47 Å². The number of benzene rings is 2. The molecule has 76 heavy (non-hydrogen) atoms. The summed E-state index contributed by atoms with van der Waals surface area (Å²) in [4.78, 5) is 13.4. The Bertz CT molecular complexity index is 1600. The molecule has 0 atom stereocenters. The summed E-state index contributed by atoms with van der Waals surface area (Å²) in [6.07, 6.45) is 11.3. The van der Waals surface area contributed by atoms with Gasteiger partial charge >= 0.3 is 0 Å². The molecular formula is C56H97F3N4O13. The van der Waals surface area contributed by atoms with E-state index in [2.05, 4.69) is 48.0 Å². The van der Waals surface area contributed by atoms with Crippen LogP contribution >= 0.6 is 0 Å². The lowest BCUT2D eigenvalue weighted by Crippen LogP contribution is -2.47. The van der Waals surface area contributed by atoms with Gasteiger partial charge in [-0.15, -0.1) is 0 Å². The van der Waals surface area contributed by atoms with Gasteiger partial charge in [0.2, 0.25) is 0 Å². The number of hydrogen-bond acceptors (Lipinski definition) is 16. The van der Waals surface area contributed by atoms with Crippen LogP contribution in [0.3, 0.4) is 0 Å². The van der Waals surface area contributed by atoms with Crippen molar-refractivity contribution in [3.63, 3.8) is 0 Å². The zero-order valence-electron chi connectivity index (χ0n) is 46.4. The summed E-state index contributed by atoms with van der Waals surface area (Å²) in [5, 5.41) is 10.1. The first-order valence-corrected chi connectivity index (χ1v) is 27.5. The summed E-state index contributed by atoms with van der Waals surface area (Å²) in [5.74, 6) is -1.79. The minimum Gasteiger partial charge on any atom is -0.494 e. The highest BCUT2D eigenvalue weighted by atomic mass is 19.1. The largest absolute Gasteiger partial charge is 0.494 e. The van der Waals surface area contributed by atoms with Crippen LogP contribution < -0.4 is 15.8 Å². The van der Waals surface area contributed by atoms with Gasteiger partial charge in [-0.2, -0.15) is 0 Å². The van der Waals surface area contributed by atoms with Crippen molar-refractivity contribution < 1.29 is 75.2 Å². The van der Waals surface area contributed by atoms with Crippen LogP contribution in [0.4, 0.5) is 13.2 Å². The highest BCUT2D eigenvalue weighted by Gasteiger charge is 2.16. The van der Waals surface area contributed by atoms with Gasteiger partial charge in [0.1, 0.15) is 23.2 Å². The summed E-state index contributed by atoms with van der Waals surface area (Å²) in [5.41, 5.74) is 7.76. The van der Waals surface area contributed by atoms with E-state index in [-0.39, 0.29) is 25.1 Å². The second-order valence-electron chi connectivity index (χ2n) is 17.8. The second kappa shape index (κ2) is 53.4. The number of nitrogens with zero attached hydrogens (tertiary/aromatic N) is 2. The molecule has 0 saturated carbocycles. The average Bonchev–Trinajstić information content (AvgIpc) is 3.40. The molecule has 0 amide bonds. The highest BCUT2D eigenvalue weighted by molar-refractivity contribution is 5.32. The monoisotopic (exact) mass is 1090 g/mol. The zero-order valence-corrected chi connectivity index (χ0v) is 46.4. The molecule has 0 radical (unpaired) electrons. The third-order valence-electron chi connectivity index (χ3n) is 11.1. The fourth-order valence-electron chi connectivity index (χ4n) is 7.05. The van der Waals surface area contributed by atoms with E-state index in [0.29, 0.717) is 137 Å².